The van der Waals surface area contributed by atoms with Gasteiger partial charge in [-0.3, -0.25) is 4.79 Å². The van der Waals surface area contributed by atoms with Crippen molar-refractivity contribution in [2.45, 2.75) is 19.4 Å². The molecule has 1 aromatic carbocycles. The predicted molar refractivity (Wildman–Crippen MR) is 94.1 cm³/mol. The summed E-state index contributed by atoms with van der Waals surface area (Å²) in [5.74, 6) is -0.746. The van der Waals surface area contributed by atoms with E-state index in [1.54, 1.807) is 11.3 Å². The first-order chi connectivity index (χ1) is 10.1. The first kappa shape index (κ1) is 16.5. The van der Waals surface area contributed by atoms with Gasteiger partial charge in [0.15, 0.2) is 0 Å². The molecule has 0 radical (unpaired) electrons. The zero-order chi connectivity index (χ0) is 15.2. The number of para-hydroxylation sites is 1. The maximum absolute atomic E-state index is 10.7. The lowest BCUT2D eigenvalue weighted by Gasteiger charge is -2.24. The molecule has 1 aromatic heterocycles. The van der Waals surface area contributed by atoms with Crippen molar-refractivity contribution in [3.8, 4) is 0 Å². The van der Waals surface area contributed by atoms with Crippen molar-refractivity contribution < 1.29 is 9.90 Å². The number of rotatable bonds is 7. The van der Waals surface area contributed by atoms with Gasteiger partial charge in [-0.1, -0.05) is 18.2 Å². The highest BCUT2D eigenvalue weighted by Gasteiger charge is 2.11. The fourth-order valence-electron chi connectivity index (χ4n) is 2.02. The SMILES string of the molecule is O=C(O)CCCN(Cc1cc(Br)c(Br)s1)c1ccccc1. The van der Waals surface area contributed by atoms with Gasteiger partial charge in [0.05, 0.1) is 10.3 Å². The molecule has 2 rings (SSSR count). The second-order valence-corrected chi connectivity index (χ2v) is 7.90. The quantitative estimate of drug-likeness (QED) is 0.657. The van der Waals surface area contributed by atoms with E-state index in [2.05, 4.69) is 55.0 Å². The molecule has 0 fully saturated rings. The number of thiophene rings is 1. The molecule has 0 amide bonds. The van der Waals surface area contributed by atoms with Crippen LogP contribution in [0.15, 0.2) is 44.7 Å². The van der Waals surface area contributed by atoms with Crippen molar-refractivity contribution in [2.75, 3.05) is 11.4 Å². The number of carbonyl (C=O) groups is 1. The first-order valence-electron chi connectivity index (χ1n) is 6.52. The van der Waals surface area contributed by atoms with Crippen molar-refractivity contribution in [2.24, 2.45) is 0 Å². The Bertz CT molecular complexity index is 581. The maximum Gasteiger partial charge on any atom is 0.303 e. The summed E-state index contributed by atoms with van der Waals surface area (Å²) in [5, 5.41) is 8.80. The van der Waals surface area contributed by atoms with E-state index in [4.69, 9.17) is 5.11 Å². The minimum atomic E-state index is -0.746. The van der Waals surface area contributed by atoms with Gasteiger partial charge < -0.3 is 10.0 Å². The highest BCUT2D eigenvalue weighted by Crippen LogP contribution is 2.33. The lowest BCUT2D eigenvalue weighted by Crippen LogP contribution is -2.23. The first-order valence-corrected chi connectivity index (χ1v) is 8.92. The molecule has 1 N–H and O–H groups in total. The number of hydrogen-bond donors (Lipinski definition) is 1. The molecule has 0 spiro atoms. The molecule has 0 bridgehead atoms. The van der Waals surface area contributed by atoms with E-state index >= 15 is 0 Å². The number of carboxylic acid groups (broad SMARTS) is 1. The van der Waals surface area contributed by atoms with E-state index in [-0.39, 0.29) is 6.42 Å². The molecule has 112 valence electrons. The predicted octanol–water partition coefficient (Wildman–Crippen LogP) is 5.14. The van der Waals surface area contributed by atoms with Gasteiger partial charge in [-0.25, -0.2) is 0 Å². The minimum Gasteiger partial charge on any atom is -0.481 e. The van der Waals surface area contributed by atoms with Crippen LogP contribution in [0.4, 0.5) is 5.69 Å². The standard InChI is InChI=1S/C15H15Br2NO2S/c16-13-9-12(21-15(13)17)10-18(8-4-7-14(19)20)11-5-2-1-3-6-11/h1-3,5-6,9H,4,7-8,10H2,(H,19,20). The molecule has 6 heteroatoms. The number of aliphatic carboxylic acids is 1. The fraction of sp³-hybridized carbons (Fsp3) is 0.267. The number of nitrogens with zero attached hydrogens (tertiary/aromatic N) is 1. The van der Waals surface area contributed by atoms with Gasteiger partial charge in [0.25, 0.3) is 0 Å². The largest absolute Gasteiger partial charge is 0.481 e. The molecule has 0 aliphatic heterocycles. The molecular weight excluding hydrogens is 418 g/mol. The summed E-state index contributed by atoms with van der Waals surface area (Å²) in [6, 6.07) is 12.2. The summed E-state index contributed by atoms with van der Waals surface area (Å²) in [6.07, 6.45) is 0.832. The summed E-state index contributed by atoms with van der Waals surface area (Å²) in [5.41, 5.74) is 1.11. The summed E-state index contributed by atoms with van der Waals surface area (Å²) in [6.45, 7) is 1.50. The van der Waals surface area contributed by atoms with Crippen LogP contribution in [-0.2, 0) is 11.3 Å². The molecule has 0 aliphatic rings. The van der Waals surface area contributed by atoms with Crippen molar-refractivity contribution >= 4 is 54.9 Å². The Hall–Kier alpha value is -0.850. The number of hydrogen-bond acceptors (Lipinski definition) is 3. The third-order valence-corrected chi connectivity index (χ3v) is 6.22. The van der Waals surface area contributed by atoms with Gasteiger partial charge in [-0.15, -0.1) is 11.3 Å². The zero-order valence-electron chi connectivity index (χ0n) is 11.3. The molecule has 3 nitrogen and oxygen atoms in total. The average Bonchev–Trinajstić information content (AvgIpc) is 2.77. The van der Waals surface area contributed by atoms with Gasteiger partial charge in [0, 0.05) is 28.0 Å². The van der Waals surface area contributed by atoms with Crippen LogP contribution in [-0.4, -0.2) is 17.6 Å². The smallest absolute Gasteiger partial charge is 0.303 e. The van der Waals surface area contributed by atoms with Crippen LogP contribution in [0.3, 0.4) is 0 Å². The number of benzene rings is 1. The number of halogens is 2. The molecule has 2 aromatic rings. The van der Waals surface area contributed by atoms with E-state index in [1.807, 2.05) is 18.2 Å². The summed E-state index contributed by atoms with van der Waals surface area (Å²) < 4.78 is 2.14. The number of carboxylic acids is 1. The summed E-state index contributed by atoms with van der Waals surface area (Å²) >= 11 is 8.70. The van der Waals surface area contributed by atoms with E-state index < -0.39 is 5.97 Å². The maximum atomic E-state index is 10.7. The van der Waals surface area contributed by atoms with Gasteiger partial charge in [-0.2, -0.15) is 0 Å². The molecule has 21 heavy (non-hydrogen) atoms. The van der Waals surface area contributed by atoms with Crippen LogP contribution in [0.1, 0.15) is 17.7 Å². The van der Waals surface area contributed by atoms with E-state index in [0.29, 0.717) is 6.42 Å². The Labute approximate surface area is 144 Å². The lowest BCUT2D eigenvalue weighted by atomic mass is 10.2. The summed E-state index contributed by atoms with van der Waals surface area (Å²) in [4.78, 5) is 14.1. The van der Waals surface area contributed by atoms with Crippen LogP contribution < -0.4 is 4.90 Å². The molecule has 0 aliphatic carbocycles. The minimum absolute atomic E-state index is 0.196. The van der Waals surface area contributed by atoms with Crippen LogP contribution in [0.25, 0.3) is 0 Å². The normalized spacial score (nSPS) is 10.6. The van der Waals surface area contributed by atoms with Gasteiger partial charge >= 0.3 is 5.97 Å². The monoisotopic (exact) mass is 431 g/mol. The van der Waals surface area contributed by atoms with Crippen LogP contribution in [0, 0.1) is 0 Å². The molecular formula is C15H15Br2NO2S. The topological polar surface area (TPSA) is 40.5 Å². The lowest BCUT2D eigenvalue weighted by molar-refractivity contribution is -0.137. The molecule has 0 atom stereocenters. The van der Waals surface area contributed by atoms with Crippen LogP contribution in [0.5, 0.6) is 0 Å². The van der Waals surface area contributed by atoms with Gasteiger partial charge in [-0.05, 0) is 56.5 Å². The van der Waals surface area contributed by atoms with Crippen molar-refractivity contribution in [3.05, 3.63) is 49.5 Å². The Balaban J connectivity index is 2.09. The highest BCUT2D eigenvalue weighted by atomic mass is 79.9. The highest BCUT2D eigenvalue weighted by molar-refractivity contribution is 9.13. The Morgan fingerprint density at radius 3 is 2.52 bits per heavy atom. The van der Waals surface area contributed by atoms with Crippen LogP contribution >= 0.6 is 43.2 Å². The zero-order valence-corrected chi connectivity index (χ0v) is 15.2. The van der Waals surface area contributed by atoms with Crippen molar-refractivity contribution in [1.29, 1.82) is 0 Å². The van der Waals surface area contributed by atoms with Gasteiger partial charge in [0.1, 0.15) is 0 Å². The van der Waals surface area contributed by atoms with E-state index in [9.17, 15) is 4.79 Å². The fourth-order valence-corrected chi connectivity index (χ4v) is 4.21. The van der Waals surface area contributed by atoms with Gasteiger partial charge in [0.2, 0.25) is 0 Å². The molecule has 0 saturated carbocycles. The third-order valence-electron chi connectivity index (χ3n) is 2.98. The Morgan fingerprint density at radius 1 is 1.24 bits per heavy atom. The second-order valence-electron chi connectivity index (χ2n) is 4.59. The van der Waals surface area contributed by atoms with E-state index in [1.165, 1.54) is 4.88 Å². The third kappa shape index (κ3) is 5.13. The Morgan fingerprint density at radius 2 is 1.95 bits per heavy atom. The average molecular weight is 433 g/mol. The van der Waals surface area contributed by atoms with E-state index in [0.717, 1.165) is 27.0 Å². The second kappa shape index (κ2) is 7.96. The summed E-state index contributed by atoms with van der Waals surface area (Å²) in [7, 11) is 0. The Kier molecular flexibility index (Phi) is 6.26. The molecule has 0 saturated heterocycles. The molecule has 0 unspecified atom stereocenters. The van der Waals surface area contributed by atoms with Crippen LogP contribution in [0.2, 0.25) is 0 Å². The molecule has 1 heterocycles. The van der Waals surface area contributed by atoms with Crippen molar-refractivity contribution in [1.82, 2.24) is 0 Å². The number of anilines is 1. The van der Waals surface area contributed by atoms with Crippen molar-refractivity contribution in [3.63, 3.8) is 0 Å².